The number of halogens is 2. The summed E-state index contributed by atoms with van der Waals surface area (Å²) in [5, 5.41) is 3.09. The molecular formula is C12H16F2N2. The fourth-order valence-corrected chi connectivity index (χ4v) is 2.02. The van der Waals surface area contributed by atoms with E-state index in [-0.39, 0.29) is 0 Å². The molecule has 0 spiro atoms. The molecule has 2 rings (SSSR count). The normalized spacial score (nSPS) is 14.9. The molecule has 1 aromatic rings. The number of nitrogens with zero attached hydrogens (tertiary/aromatic N) is 1. The summed E-state index contributed by atoms with van der Waals surface area (Å²) in [5.74, 6) is -1.08. The summed E-state index contributed by atoms with van der Waals surface area (Å²) in [6.45, 7) is 6.68. The zero-order valence-electron chi connectivity index (χ0n) is 9.56. The van der Waals surface area contributed by atoms with Crippen molar-refractivity contribution in [2.24, 2.45) is 5.92 Å². The van der Waals surface area contributed by atoms with E-state index in [2.05, 4.69) is 24.1 Å². The Morgan fingerprint density at radius 3 is 2.69 bits per heavy atom. The lowest BCUT2D eigenvalue weighted by atomic mass is 10.1. The van der Waals surface area contributed by atoms with Crippen LogP contribution in [0, 0.1) is 17.6 Å². The summed E-state index contributed by atoms with van der Waals surface area (Å²) in [7, 11) is 0. The van der Waals surface area contributed by atoms with Crippen LogP contribution in [-0.2, 0) is 0 Å². The number of anilines is 2. The second kappa shape index (κ2) is 4.28. The molecule has 88 valence electrons. The van der Waals surface area contributed by atoms with Crippen LogP contribution in [0.2, 0.25) is 0 Å². The molecule has 1 aliphatic rings. The lowest BCUT2D eigenvalue weighted by molar-refractivity contribution is 0.507. The van der Waals surface area contributed by atoms with Gasteiger partial charge in [-0.05, 0) is 5.92 Å². The van der Waals surface area contributed by atoms with E-state index in [1.807, 2.05) is 0 Å². The fourth-order valence-electron chi connectivity index (χ4n) is 2.02. The van der Waals surface area contributed by atoms with Crippen molar-refractivity contribution < 1.29 is 8.78 Å². The van der Waals surface area contributed by atoms with Crippen LogP contribution in [0.4, 0.5) is 20.2 Å². The van der Waals surface area contributed by atoms with Gasteiger partial charge in [0, 0.05) is 31.8 Å². The number of rotatable bonds is 2. The van der Waals surface area contributed by atoms with Crippen LogP contribution >= 0.6 is 0 Å². The molecule has 0 saturated heterocycles. The van der Waals surface area contributed by atoms with E-state index in [1.165, 1.54) is 12.1 Å². The van der Waals surface area contributed by atoms with Crippen LogP contribution in [0.25, 0.3) is 0 Å². The SMILES string of the molecule is CC(C)CN1CCNc2cc(F)c(F)cc21. The van der Waals surface area contributed by atoms with E-state index < -0.39 is 11.6 Å². The van der Waals surface area contributed by atoms with Gasteiger partial charge in [0.2, 0.25) is 0 Å². The Kier molecular flexibility index (Phi) is 2.99. The van der Waals surface area contributed by atoms with Crippen molar-refractivity contribution in [2.75, 3.05) is 29.9 Å². The Morgan fingerprint density at radius 2 is 2.00 bits per heavy atom. The third-order valence-electron chi connectivity index (χ3n) is 2.66. The fraction of sp³-hybridized carbons (Fsp3) is 0.500. The lowest BCUT2D eigenvalue weighted by Crippen LogP contribution is -2.36. The third kappa shape index (κ3) is 2.10. The van der Waals surface area contributed by atoms with Crippen molar-refractivity contribution >= 4 is 11.4 Å². The van der Waals surface area contributed by atoms with Crippen LogP contribution in [-0.4, -0.2) is 19.6 Å². The number of fused-ring (bicyclic) bond motifs is 1. The highest BCUT2D eigenvalue weighted by Crippen LogP contribution is 2.31. The molecule has 4 heteroatoms. The smallest absolute Gasteiger partial charge is 0.161 e. The van der Waals surface area contributed by atoms with Crippen molar-refractivity contribution in [3.05, 3.63) is 23.8 Å². The number of nitrogens with one attached hydrogen (secondary N) is 1. The topological polar surface area (TPSA) is 15.3 Å². The first-order valence-electron chi connectivity index (χ1n) is 5.56. The van der Waals surface area contributed by atoms with E-state index in [0.29, 0.717) is 11.6 Å². The van der Waals surface area contributed by atoms with Crippen molar-refractivity contribution in [1.82, 2.24) is 0 Å². The van der Waals surface area contributed by atoms with Gasteiger partial charge in [0.05, 0.1) is 11.4 Å². The highest BCUT2D eigenvalue weighted by molar-refractivity contribution is 5.72. The summed E-state index contributed by atoms with van der Waals surface area (Å²) in [4.78, 5) is 2.10. The van der Waals surface area contributed by atoms with E-state index in [0.717, 1.165) is 25.3 Å². The largest absolute Gasteiger partial charge is 0.382 e. The van der Waals surface area contributed by atoms with Gasteiger partial charge in [0.25, 0.3) is 0 Å². The highest BCUT2D eigenvalue weighted by Gasteiger charge is 2.19. The predicted octanol–water partition coefficient (Wildman–Crippen LogP) is 2.85. The molecule has 1 N–H and O–H groups in total. The van der Waals surface area contributed by atoms with E-state index >= 15 is 0 Å². The maximum Gasteiger partial charge on any atom is 0.161 e. The Hall–Kier alpha value is -1.32. The zero-order chi connectivity index (χ0) is 11.7. The molecule has 0 aromatic heterocycles. The highest BCUT2D eigenvalue weighted by atomic mass is 19.2. The van der Waals surface area contributed by atoms with Gasteiger partial charge in [-0.25, -0.2) is 8.78 Å². The monoisotopic (exact) mass is 226 g/mol. The van der Waals surface area contributed by atoms with E-state index in [1.54, 1.807) is 0 Å². The van der Waals surface area contributed by atoms with Gasteiger partial charge in [-0.15, -0.1) is 0 Å². The first-order valence-corrected chi connectivity index (χ1v) is 5.56. The third-order valence-corrected chi connectivity index (χ3v) is 2.66. The minimum absolute atomic E-state index is 0.499. The van der Waals surface area contributed by atoms with Crippen molar-refractivity contribution in [3.8, 4) is 0 Å². The minimum Gasteiger partial charge on any atom is -0.382 e. The summed E-state index contributed by atoms with van der Waals surface area (Å²) in [6.07, 6.45) is 0. The molecule has 1 aliphatic heterocycles. The molecule has 0 radical (unpaired) electrons. The van der Waals surface area contributed by atoms with Gasteiger partial charge >= 0.3 is 0 Å². The summed E-state index contributed by atoms with van der Waals surface area (Å²) >= 11 is 0. The first-order chi connectivity index (χ1) is 7.58. The van der Waals surface area contributed by atoms with Gasteiger partial charge in [-0.1, -0.05) is 13.8 Å². The zero-order valence-corrected chi connectivity index (χ0v) is 9.56. The first kappa shape index (κ1) is 11.2. The van der Waals surface area contributed by atoms with Crippen LogP contribution in [0.5, 0.6) is 0 Å². The maximum atomic E-state index is 13.2. The summed E-state index contributed by atoms with van der Waals surface area (Å²) in [5.41, 5.74) is 1.45. The summed E-state index contributed by atoms with van der Waals surface area (Å²) < 4.78 is 26.3. The Balaban J connectivity index is 2.34. The van der Waals surface area contributed by atoms with Crippen molar-refractivity contribution in [2.45, 2.75) is 13.8 Å². The van der Waals surface area contributed by atoms with Gasteiger partial charge < -0.3 is 10.2 Å². The summed E-state index contributed by atoms with van der Waals surface area (Å²) in [6, 6.07) is 2.51. The van der Waals surface area contributed by atoms with Crippen LogP contribution in [0.3, 0.4) is 0 Å². The molecule has 0 saturated carbocycles. The Bertz CT molecular complexity index is 391. The number of benzene rings is 1. The standard InChI is InChI=1S/C12H16F2N2/c1-8(2)7-16-4-3-15-11-5-9(13)10(14)6-12(11)16/h5-6,8,15H,3-4,7H2,1-2H3. The molecule has 0 fully saturated rings. The molecule has 0 aliphatic carbocycles. The van der Waals surface area contributed by atoms with Crippen LogP contribution in [0.15, 0.2) is 12.1 Å². The molecule has 2 nitrogen and oxygen atoms in total. The number of hydrogen-bond acceptors (Lipinski definition) is 2. The van der Waals surface area contributed by atoms with Crippen molar-refractivity contribution in [3.63, 3.8) is 0 Å². The van der Waals surface area contributed by atoms with Crippen LogP contribution < -0.4 is 10.2 Å². The van der Waals surface area contributed by atoms with Gasteiger partial charge in [-0.3, -0.25) is 0 Å². The van der Waals surface area contributed by atoms with Gasteiger partial charge in [0.1, 0.15) is 0 Å². The molecule has 0 bridgehead atoms. The van der Waals surface area contributed by atoms with Crippen LogP contribution in [0.1, 0.15) is 13.8 Å². The second-order valence-corrected chi connectivity index (χ2v) is 4.55. The average molecular weight is 226 g/mol. The maximum absolute atomic E-state index is 13.2. The van der Waals surface area contributed by atoms with E-state index in [4.69, 9.17) is 0 Å². The average Bonchev–Trinajstić information content (AvgIpc) is 2.20. The Labute approximate surface area is 94.3 Å². The van der Waals surface area contributed by atoms with Gasteiger partial charge in [-0.2, -0.15) is 0 Å². The van der Waals surface area contributed by atoms with Gasteiger partial charge in [0.15, 0.2) is 11.6 Å². The molecular weight excluding hydrogens is 210 g/mol. The lowest BCUT2D eigenvalue weighted by Gasteiger charge is -2.33. The minimum atomic E-state index is -0.794. The molecule has 1 heterocycles. The molecule has 16 heavy (non-hydrogen) atoms. The number of hydrogen-bond donors (Lipinski definition) is 1. The molecule has 0 amide bonds. The second-order valence-electron chi connectivity index (χ2n) is 4.55. The van der Waals surface area contributed by atoms with E-state index in [9.17, 15) is 8.78 Å². The molecule has 0 unspecified atom stereocenters. The Morgan fingerprint density at radius 1 is 1.31 bits per heavy atom. The molecule has 0 atom stereocenters. The molecule has 1 aromatic carbocycles. The van der Waals surface area contributed by atoms with Crippen molar-refractivity contribution in [1.29, 1.82) is 0 Å². The quantitative estimate of drug-likeness (QED) is 0.834. The predicted molar refractivity (Wildman–Crippen MR) is 61.9 cm³/mol.